The number of carbonyl (C=O) groups is 2. The summed E-state index contributed by atoms with van der Waals surface area (Å²) >= 11 is 1.47. The molecule has 0 radical (unpaired) electrons. The molecule has 0 saturated carbocycles. The van der Waals surface area contributed by atoms with Gasteiger partial charge in [0.15, 0.2) is 0 Å². The van der Waals surface area contributed by atoms with E-state index in [1.165, 1.54) is 16.9 Å². The number of Topliss-reactive ketones (excluding diaryl/α,β-unsaturated/α-hetero) is 1. The molecule has 1 aromatic heterocycles. The molecule has 2 heterocycles. The van der Waals surface area contributed by atoms with E-state index in [9.17, 15) is 9.59 Å². The minimum Gasteiger partial charge on any atom is -0.337 e. The van der Waals surface area contributed by atoms with Crippen LogP contribution in [0.2, 0.25) is 0 Å². The minimum absolute atomic E-state index is 0.0319. The van der Waals surface area contributed by atoms with Crippen LogP contribution < -0.4 is 0 Å². The summed E-state index contributed by atoms with van der Waals surface area (Å²) in [6.07, 6.45) is 3.87. The van der Waals surface area contributed by atoms with Gasteiger partial charge in [0, 0.05) is 25.4 Å². The van der Waals surface area contributed by atoms with Crippen molar-refractivity contribution in [1.82, 2.24) is 9.88 Å². The van der Waals surface area contributed by atoms with Crippen LogP contribution in [0.5, 0.6) is 0 Å². The number of piperidine rings is 1. The normalized spacial score (nSPS) is 17.3. The molecule has 1 aromatic carbocycles. The van der Waals surface area contributed by atoms with Gasteiger partial charge in [0.25, 0.3) is 5.91 Å². The van der Waals surface area contributed by atoms with Crippen molar-refractivity contribution in [2.45, 2.75) is 46.0 Å². The molecular weight excluding hydrogens is 344 g/mol. The Morgan fingerprint density at radius 1 is 1.27 bits per heavy atom. The molecule has 26 heavy (non-hydrogen) atoms. The molecule has 2 aromatic rings. The Morgan fingerprint density at radius 3 is 2.77 bits per heavy atom. The van der Waals surface area contributed by atoms with Gasteiger partial charge in [0.1, 0.15) is 10.7 Å². The topological polar surface area (TPSA) is 50.3 Å². The minimum atomic E-state index is -0.0319. The van der Waals surface area contributed by atoms with Crippen LogP contribution in [0.4, 0.5) is 0 Å². The van der Waals surface area contributed by atoms with Crippen molar-refractivity contribution in [1.29, 1.82) is 0 Å². The Morgan fingerprint density at radius 2 is 2.04 bits per heavy atom. The van der Waals surface area contributed by atoms with E-state index in [-0.39, 0.29) is 17.6 Å². The summed E-state index contributed by atoms with van der Waals surface area (Å²) in [5.74, 6) is 0.297. The number of hydrogen-bond donors (Lipinski definition) is 0. The number of amides is 1. The Balaban J connectivity index is 1.61. The maximum atomic E-state index is 12.9. The van der Waals surface area contributed by atoms with Gasteiger partial charge in [-0.25, -0.2) is 4.98 Å². The zero-order valence-electron chi connectivity index (χ0n) is 15.5. The van der Waals surface area contributed by atoms with Gasteiger partial charge in [0.05, 0.1) is 10.7 Å². The van der Waals surface area contributed by atoms with Crippen LogP contribution in [0.25, 0.3) is 0 Å². The van der Waals surface area contributed by atoms with E-state index in [0.717, 1.165) is 47.8 Å². The number of rotatable bonds is 6. The molecular formula is C21H26N2O2S. The molecule has 4 nitrogen and oxygen atoms in total. The average Bonchev–Trinajstić information content (AvgIpc) is 3.07. The van der Waals surface area contributed by atoms with Gasteiger partial charge in [0.2, 0.25) is 0 Å². The number of hydrogen-bond acceptors (Lipinski definition) is 4. The first kappa shape index (κ1) is 18.8. The van der Waals surface area contributed by atoms with E-state index in [0.29, 0.717) is 13.0 Å². The van der Waals surface area contributed by atoms with E-state index < -0.39 is 0 Å². The molecule has 0 unspecified atom stereocenters. The average molecular weight is 371 g/mol. The van der Waals surface area contributed by atoms with Gasteiger partial charge >= 0.3 is 0 Å². The van der Waals surface area contributed by atoms with E-state index in [4.69, 9.17) is 0 Å². The quantitative estimate of drug-likeness (QED) is 0.770. The predicted octanol–water partition coefficient (Wildman–Crippen LogP) is 4.07. The summed E-state index contributed by atoms with van der Waals surface area (Å²) in [4.78, 5) is 32.7. The van der Waals surface area contributed by atoms with Crippen LogP contribution in [0.3, 0.4) is 0 Å². The van der Waals surface area contributed by atoms with Crippen molar-refractivity contribution >= 4 is 23.0 Å². The molecule has 5 heteroatoms. The van der Waals surface area contributed by atoms with Gasteiger partial charge in [-0.3, -0.25) is 9.59 Å². The molecule has 1 amide bonds. The predicted molar refractivity (Wildman–Crippen MR) is 105 cm³/mol. The molecule has 1 atom stereocenters. The molecule has 1 saturated heterocycles. The Labute approximate surface area is 159 Å². The van der Waals surface area contributed by atoms with E-state index in [2.05, 4.69) is 17.1 Å². The number of aromatic nitrogens is 1. The van der Waals surface area contributed by atoms with E-state index in [1.54, 1.807) is 0 Å². The summed E-state index contributed by atoms with van der Waals surface area (Å²) in [5.41, 5.74) is 2.08. The third-order valence-corrected chi connectivity index (χ3v) is 6.00. The van der Waals surface area contributed by atoms with Crippen LogP contribution in [-0.2, 0) is 17.6 Å². The number of aryl methyl sites for hydroxylation is 3. The maximum Gasteiger partial charge on any atom is 0.265 e. The number of carbonyl (C=O) groups excluding carboxylic acids is 2. The lowest BCUT2D eigenvalue weighted by Crippen LogP contribution is -2.42. The smallest absolute Gasteiger partial charge is 0.265 e. The highest BCUT2D eigenvalue weighted by molar-refractivity contribution is 7.13. The third kappa shape index (κ3) is 4.39. The van der Waals surface area contributed by atoms with E-state index in [1.807, 2.05) is 36.9 Å². The molecule has 1 aliphatic rings. The second kappa shape index (κ2) is 8.58. The largest absolute Gasteiger partial charge is 0.337 e. The maximum absolute atomic E-state index is 12.9. The van der Waals surface area contributed by atoms with Gasteiger partial charge in [-0.15, -0.1) is 11.3 Å². The van der Waals surface area contributed by atoms with Crippen molar-refractivity contribution in [2.24, 2.45) is 5.92 Å². The lowest BCUT2D eigenvalue weighted by molar-refractivity contribution is -0.124. The van der Waals surface area contributed by atoms with Crippen molar-refractivity contribution < 1.29 is 9.59 Å². The zero-order chi connectivity index (χ0) is 18.5. The fourth-order valence-electron chi connectivity index (χ4n) is 3.56. The SMILES string of the molecule is CCc1nc(C)sc1C(=O)N1CCC[C@H](C(=O)CCc2ccccc2)C1. The van der Waals surface area contributed by atoms with Crippen LogP contribution in [0, 0.1) is 12.8 Å². The number of ketones is 1. The van der Waals surface area contributed by atoms with Crippen molar-refractivity contribution in [2.75, 3.05) is 13.1 Å². The van der Waals surface area contributed by atoms with E-state index >= 15 is 0 Å². The molecule has 0 N–H and O–H groups in total. The first-order chi connectivity index (χ1) is 12.6. The summed E-state index contributed by atoms with van der Waals surface area (Å²) in [5, 5.41) is 0.928. The van der Waals surface area contributed by atoms with Gasteiger partial charge in [-0.2, -0.15) is 0 Å². The monoisotopic (exact) mass is 370 g/mol. The summed E-state index contributed by atoms with van der Waals surface area (Å²) in [7, 11) is 0. The molecule has 138 valence electrons. The van der Waals surface area contributed by atoms with Crippen LogP contribution in [0.1, 0.15) is 52.1 Å². The zero-order valence-corrected chi connectivity index (χ0v) is 16.3. The molecule has 0 bridgehead atoms. The number of thiazole rings is 1. The van der Waals surface area contributed by atoms with Gasteiger partial charge < -0.3 is 4.90 Å². The fourth-order valence-corrected chi connectivity index (χ4v) is 4.54. The van der Waals surface area contributed by atoms with Crippen LogP contribution >= 0.6 is 11.3 Å². The summed E-state index contributed by atoms with van der Waals surface area (Å²) in [6.45, 7) is 5.25. The Bertz CT molecular complexity index is 770. The first-order valence-corrected chi connectivity index (χ1v) is 10.2. The Hall–Kier alpha value is -2.01. The molecule has 0 aliphatic carbocycles. The summed E-state index contributed by atoms with van der Waals surface area (Å²) in [6, 6.07) is 10.1. The second-order valence-electron chi connectivity index (χ2n) is 6.90. The number of likely N-dealkylation sites (tertiary alicyclic amines) is 1. The second-order valence-corrected chi connectivity index (χ2v) is 8.11. The van der Waals surface area contributed by atoms with Crippen molar-refractivity contribution in [3.8, 4) is 0 Å². The van der Waals surface area contributed by atoms with Crippen LogP contribution in [0.15, 0.2) is 30.3 Å². The highest BCUT2D eigenvalue weighted by Gasteiger charge is 2.30. The molecule has 0 spiro atoms. The van der Waals surface area contributed by atoms with Crippen molar-refractivity contribution in [3.63, 3.8) is 0 Å². The molecule has 3 rings (SSSR count). The standard InChI is InChI=1S/C21H26N2O2S/c1-3-18-20(26-15(2)22-18)21(25)23-13-7-10-17(14-23)19(24)12-11-16-8-5-4-6-9-16/h4-6,8-9,17H,3,7,10-14H2,1-2H3/t17-/m0/s1. The van der Waals surface area contributed by atoms with Gasteiger partial charge in [-0.05, 0) is 38.2 Å². The summed E-state index contributed by atoms with van der Waals surface area (Å²) < 4.78 is 0. The third-order valence-electron chi connectivity index (χ3n) is 5.00. The lowest BCUT2D eigenvalue weighted by atomic mass is 9.90. The Kier molecular flexibility index (Phi) is 6.20. The van der Waals surface area contributed by atoms with Crippen molar-refractivity contribution in [3.05, 3.63) is 51.5 Å². The lowest BCUT2D eigenvalue weighted by Gasteiger charge is -2.32. The van der Waals surface area contributed by atoms with Gasteiger partial charge in [-0.1, -0.05) is 37.3 Å². The molecule has 1 aliphatic heterocycles. The number of benzene rings is 1. The highest BCUT2D eigenvalue weighted by Crippen LogP contribution is 2.25. The highest BCUT2D eigenvalue weighted by atomic mass is 32.1. The van der Waals surface area contributed by atoms with Crippen LogP contribution in [-0.4, -0.2) is 34.7 Å². The molecule has 1 fully saturated rings. The number of nitrogens with zero attached hydrogens (tertiary/aromatic N) is 2. The first-order valence-electron chi connectivity index (χ1n) is 9.40. The fraction of sp³-hybridized carbons (Fsp3) is 0.476.